The molecule has 1 aromatic rings. The van der Waals surface area contributed by atoms with E-state index in [4.69, 9.17) is 16.3 Å². The lowest BCUT2D eigenvalue weighted by Crippen LogP contribution is -2.13. The summed E-state index contributed by atoms with van der Waals surface area (Å²) in [6, 6.07) is 0. The van der Waals surface area contributed by atoms with Gasteiger partial charge in [0.05, 0.1) is 32.9 Å². The summed E-state index contributed by atoms with van der Waals surface area (Å²) >= 11 is 7.38. The predicted octanol–water partition coefficient (Wildman–Crippen LogP) is 3.54. The minimum Gasteiger partial charge on any atom is -0.462 e. The summed E-state index contributed by atoms with van der Waals surface area (Å²) in [5.41, 5.74) is -0.186. The van der Waals surface area contributed by atoms with Gasteiger partial charge in [0.25, 0.3) is 6.43 Å². The molecule has 0 N–H and O–H groups in total. The highest BCUT2D eigenvalue weighted by atomic mass is 127. The SMILES string of the molecule is CCOC(=O)c1c(C(F)F)cnc(CCl)c1I. The van der Waals surface area contributed by atoms with Crippen molar-refractivity contribution in [3.05, 3.63) is 26.6 Å². The molecule has 0 aliphatic rings. The number of aromatic nitrogens is 1. The van der Waals surface area contributed by atoms with Crippen molar-refractivity contribution < 1.29 is 18.3 Å². The summed E-state index contributed by atoms with van der Waals surface area (Å²) in [7, 11) is 0. The number of halogens is 4. The first-order valence-electron chi connectivity index (χ1n) is 4.71. The number of esters is 1. The third-order valence-corrected chi connectivity index (χ3v) is 3.38. The van der Waals surface area contributed by atoms with Gasteiger partial charge in [-0.3, -0.25) is 4.98 Å². The number of ether oxygens (including phenoxy) is 1. The smallest absolute Gasteiger partial charge is 0.339 e. The van der Waals surface area contributed by atoms with Gasteiger partial charge in [-0.05, 0) is 29.5 Å². The van der Waals surface area contributed by atoms with E-state index < -0.39 is 18.0 Å². The molecule has 1 aromatic heterocycles. The van der Waals surface area contributed by atoms with Crippen LogP contribution in [0, 0.1) is 3.57 Å². The molecule has 3 nitrogen and oxygen atoms in total. The Kier molecular flexibility index (Phi) is 5.51. The first-order valence-corrected chi connectivity index (χ1v) is 6.32. The Bertz CT molecular complexity index is 429. The Morgan fingerprint density at radius 1 is 1.65 bits per heavy atom. The van der Waals surface area contributed by atoms with Crippen LogP contribution in [-0.2, 0) is 10.6 Å². The third kappa shape index (κ3) is 3.25. The minimum atomic E-state index is -2.78. The number of carbonyl (C=O) groups is 1. The summed E-state index contributed by atoms with van der Waals surface area (Å²) in [6.45, 7) is 1.73. The van der Waals surface area contributed by atoms with Crippen LogP contribution >= 0.6 is 34.2 Å². The summed E-state index contributed by atoms with van der Waals surface area (Å²) in [5, 5.41) is 0. The maximum Gasteiger partial charge on any atom is 0.339 e. The zero-order valence-electron chi connectivity index (χ0n) is 8.84. The van der Waals surface area contributed by atoms with E-state index in [9.17, 15) is 13.6 Å². The maximum absolute atomic E-state index is 12.8. The van der Waals surface area contributed by atoms with Gasteiger partial charge in [0.1, 0.15) is 0 Å². The van der Waals surface area contributed by atoms with Gasteiger partial charge in [-0.25, -0.2) is 13.6 Å². The highest BCUT2D eigenvalue weighted by Crippen LogP contribution is 2.28. The Morgan fingerprint density at radius 3 is 2.76 bits per heavy atom. The van der Waals surface area contributed by atoms with Gasteiger partial charge in [-0.15, -0.1) is 11.6 Å². The van der Waals surface area contributed by atoms with Crippen LogP contribution in [0.5, 0.6) is 0 Å². The van der Waals surface area contributed by atoms with Gasteiger partial charge in [-0.2, -0.15) is 0 Å². The molecule has 0 unspecified atom stereocenters. The Labute approximate surface area is 116 Å². The summed E-state index contributed by atoms with van der Waals surface area (Å²) < 4.78 is 30.6. The molecule has 0 radical (unpaired) electrons. The molecule has 7 heteroatoms. The van der Waals surface area contributed by atoms with Crippen LogP contribution in [0.15, 0.2) is 6.20 Å². The van der Waals surface area contributed by atoms with Gasteiger partial charge >= 0.3 is 5.97 Å². The fraction of sp³-hybridized carbons (Fsp3) is 0.400. The molecule has 1 rings (SSSR count). The first-order chi connectivity index (χ1) is 8.02. The number of rotatable bonds is 4. The average molecular weight is 376 g/mol. The van der Waals surface area contributed by atoms with Gasteiger partial charge in [0.15, 0.2) is 0 Å². The van der Waals surface area contributed by atoms with Crippen molar-refractivity contribution in [3.8, 4) is 0 Å². The van der Waals surface area contributed by atoms with Crippen molar-refractivity contribution in [1.82, 2.24) is 4.98 Å². The minimum absolute atomic E-state index is 0.0498. The maximum atomic E-state index is 12.8. The van der Waals surface area contributed by atoms with E-state index in [1.54, 1.807) is 29.5 Å². The van der Waals surface area contributed by atoms with Crippen LogP contribution in [0.25, 0.3) is 0 Å². The fourth-order valence-corrected chi connectivity index (χ4v) is 2.50. The van der Waals surface area contributed by atoms with Crippen molar-refractivity contribution in [2.75, 3.05) is 6.61 Å². The molecule has 1 heterocycles. The summed E-state index contributed by atoms with van der Waals surface area (Å²) in [4.78, 5) is 15.4. The number of pyridine rings is 1. The number of hydrogen-bond acceptors (Lipinski definition) is 3. The first kappa shape index (κ1) is 14.6. The van der Waals surface area contributed by atoms with Crippen LogP contribution in [-0.4, -0.2) is 17.6 Å². The molecule has 0 spiro atoms. The van der Waals surface area contributed by atoms with Crippen LogP contribution in [0.3, 0.4) is 0 Å². The van der Waals surface area contributed by atoms with E-state index in [1.807, 2.05) is 0 Å². The standard InChI is InChI=1S/C10H9ClF2INO2/c1-2-17-10(16)7-5(9(12)13)4-15-6(3-11)8(7)14/h4,9H,2-3H2,1H3. The molecular formula is C10H9ClF2INO2. The van der Waals surface area contributed by atoms with Crippen molar-refractivity contribution in [2.45, 2.75) is 19.2 Å². The number of nitrogens with zero attached hydrogens (tertiary/aromatic N) is 1. The largest absolute Gasteiger partial charge is 0.462 e. The van der Waals surface area contributed by atoms with E-state index >= 15 is 0 Å². The number of carbonyl (C=O) groups excluding carboxylic acids is 1. The van der Waals surface area contributed by atoms with Crippen LogP contribution in [0.2, 0.25) is 0 Å². The van der Waals surface area contributed by atoms with Crippen LogP contribution in [0.4, 0.5) is 8.78 Å². The second-order valence-electron chi connectivity index (χ2n) is 3.00. The highest BCUT2D eigenvalue weighted by molar-refractivity contribution is 14.1. The van der Waals surface area contributed by atoms with Crippen LogP contribution in [0.1, 0.15) is 35.0 Å². The number of alkyl halides is 3. The molecule has 0 amide bonds. The molecule has 0 saturated heterocycles. The lowest BCUT2D eigenvalue weighted by molar-refractivity contribution is 0.0513. The van der Waals surface area contributed by atoms with E-state index in [1.165, 1.54) is 0 Å². The molecule has 0 fully saturated rings. The lowest BCUT2D eigenvalue weighted by atomic mass is 10.1. The zero-order valence-corrected chi connectivity index (χ0v) is 11.8. The van der Waals surface area contributed by atoms with Crippen molar-refractivity contribution >= 4 is 40.2 Å². The second-order valence-corrected chi connectivity index (χ2v) is 4.35. The van der Waals surface area contributed by atoms with Gasteiger partial charge in [0, 0.05) is 6.20 Å². The topological polar surface area (TPSA) is 39.2 Å². The fourth-order valence-electron chi connectivity index (χ4n) is 1.21. The third-order valence-electron chi connectivity index (χ3n) is 1.96. The van der Waals surface area contributed by atoms with Gasteiger partial charge < -0.3 is 4.74 Å². The summed E-state index contributed by atoms with van der Waals surface area (Å²) in [6.07, 6.45) is -1.81. The second kappa shape index (κ2) is 6.44. The van der Waals surface area contributed by atoms with Gasteiger partial charge in [0.2, 0.25) is 0 Å². The molecular weight excluding hydrogens is 366 g/mol. The normalized spacial score (nSPS) is 10.7. The Balaban J connectivity index is 3.34. The predicted molar refractivity (Wildman–Crippen MR) is 67.4 cm³/mol. The van der Waals surface area contributed by atoms with E-state index in [0.29, 0.717) is 9.26 Å². The highest BCUT2D eigenvalue weighted by Gasteiger charge is 2.24. The lowest BCUT2D eigenvalue weighted by Gasteiger charge is -2.11. The Hall–Kier alpha value is -0.500. The van der Waals surface area contributed by atoms with Crippen molar-refractivity contribution in [2.24, 2.45) is 0 Å². The quantitative estimate of drug-likeness (QED) is 0.459. The van der Waals surface area contributed by atoms with E-state index in [0.717, 1.165) is 6.20 Å². The summed E-state index contributed by atoms with van der Waals surface area (Å²) in [5.74, 6) is -0.727. The molecule has 94 valence electrons. The van der Waals surface area contributed by atoms with Crippen molar-refractivity contribution in [1.29, 1.82) is 0 Å². The molecule has 0 aromatic carbocycles. The molecule has 0 aliphatic carbocycles. The zero-order chi connectivity index (χ0) is 13.0. The molecule has 0 bridgehead atoms. The molecule has 0 saturated carbocycles. The molecule has 17 heavy (non-hydrogen) atoms. The molecule has 0 atom stereocenters. The Morgan fingerprint density at radius 2 is 2.29 bits per heavy atom. The van der Waals surface area contributed by atoms with E-state index in [-0.39, 0.29) is 18.1 Å². The van der Waals surface area contributed by atoms with Crippen molar-refractivity contribution in [3.63, 3.8) is 0 Å². The van der Waals surface area contributed by atoms with Crippen LogP contribution < -0.4 is 0 Å². The average Bonchev–Trinajstić information content (AvgIpc) is 2.28. The molecule has 0 aliphatic heterocycles. The monoisotopic (exact) mass is 375 g/mol. The van der Waals surface area contributed by atoms with Gasteiger partial charge in [-0.1, -0.05) is 0 Å². The number of hydrogen-bond donors (Lipinski definition) is 0. The van der Waals surface area contributed by atoms with E-state index in [2.05, 4.69) is 4.98 Å².